The molecule has 0 atom stereocenters. The molecule has 12 heteroatoms. The first-order chi connectivity index (χ1) is 17.4. The van der Waals surface area contributed by atoms with E-state index in [9.17, 15) is 12.8 Å². The summed E-state index contributed by atoms with van der Waals surface area (Å²) in [6.45, 7) is 1.19. The monoisotopic (exact) mass is 526 g/mol. The first-order valence-electron chi connectivity index (χ1n) is 10.9. The predicted molar refractivity (Wildman–Crippen MR) is 135 cm³/mol. The van der Waals surface area contributed by atoms with Gasteiger partial charge in [-0.15, -0.1) is 0 Å². The molecule has 1 saturated heterocycles. The smallest absolute Gasteiger partial charge is 0.263 e. The Hall–Kier alpha value is -3.80. The molecule has 0 aliphatic carbocycles. The van der Waals surface area contributed by atoms with Gasteiger partial charge in [-0.1, -0.05) is 35.9 Å². The fourth-order valence-electron chi connectivity index (χ4n) is 3.48. The lowest BCUT2D eigenvalue weighted by atomic mass is 10.1. The van der Waals surface area contributed by atoms with Crippen molar-refractivity contribution in [2.75, 3.05) is 28.6 Å². The van der Waals surface area contributed by atoms with Gasteiger partial charge in [-0.2, -0.15) is 4.98 Å². The van der Waals surface area contributed by atoms with Crippen LogP contribution in [0, 0.1) is 5.82 Å². The maximum atomic E-state index is 14.9. The number of nitrogens with one attached hydrogen (secondary N) is 3. The fourth-order valence-corrected chi connectivity index (χ4v) is 5.07. The number of benzene rings is 3. The molecule has 0 unspecified atom stereocenters. The van der Waals surface area contributed by atoms with Gasteiger partial charge in [-0.3, -0.25) is 4.72 Å². The van der Waals surface area contributed by atoms with E-state index in [1.165, 1.54) is 36.7 Å². The minimum Gasteiger partial charge on any atom is -0.377 e. The highest BCUT2D eigenvalue weighted by molar-refractivity contribution is 7.92. The van der Waals surface area contributed by atoms with E-state index in [1.54, 1.807) is 18.2 Å². The van der Waals surface area contributed by atoms with Crippen molar-refractivity contribution in [3.63, 3.8) is 0 Å². The van der Waals surface area contributed by atoms with Crippen LogP contribution in [0.25, 0.3) is 11.4 Å². The van der Waals surface area contributed by atoms with Crippen molar-refractivity contribution >= 4 is 44.6 Å². The Morgan fingerprint density at radius 3 is 2.50 bits per heavy atom. The van der Waals surface area contributed by atoms with E-state index in [0.717, 1.165) is 0 Å². The standard InChI is InChI=1S/C24H20ClFN6O3S/c25-18-6-2-4-8-22(18)36(33,34)32-21-10-9-15(11-19(21)26)29-20-7-3-1-5-17(20)23-27-14-28-24(31-23)30-16-12-35-13-16/h1-11,14,16,29,32H,12-13H2,(H,27,28,30,31). The first-order valence-corrected chi connectivity index (χ1v) is 12.7. The van der Waals surface area contributed by atoms with Gasteiger partial charge >= 0.3 is 0 Å². The fraction of sp³-hybridized carbons (Fsp3) is 0.125. The molecule has 4 aromatic rings. The van der Waals surface area contributed by atoms with Gasteiger partial charge in [-0.05, 0) is 42.5 Å². The number of hydrogen-bond acceptors (Lipinski definition) is 8. The molecule has 184 valence electrons. The number of halogens is 2. The van der Waals surface area contributed by atoms with Crippen molar-refractivity contribution in [3.8, 4) is 11.4 Å². The van der Waals surface area contributed by atoms with Crippen LogP contribution in [-0.2, 0) is 14.8 Å². The van der Waals surface area contributed by atoms with Crippen LogP contribution in [-0.4, -0.2) is 42.6 Å². The van der Waals surface area contributed by atoms with Gasteiger partial charge < -0.3 is 15.4 Å². The molecule has 0 amide bonds. The maximum Gasteiger partial charge on any atom is 0.263 e. The number of para-hydroxylation sites is 1. The molecule has 5 rings (SSSR count). The molecule has 0 radical (unpaired) electrons. The van der Waals surface area contributed by atoms with Crippen LogP contribution >= 0.6 is 11.6 Å². The van der Waals surface area contributed by atoms with E-state index in [4.69, 9.17) is 16.3 Å². The van der Waals surface area contributed by atoms with Gasteiger partial charge in [0.2, 0.25) is 5.95 Å². The second-order valence-corrected chi connectivity index (χ2v) is 9.97. The van der Waals surface area contributed by atoms with E-state index >= 15 is 0 Å². The predicted octanol–water partition coefficient (Wildman–Crippen LogP) is 4.69. The Bertz CT molecular complexity index is 1520. The second kappa shape index (κ2) is 10.1. The molecule has 3 aromatic carbocycles. The number of rotatable bonds is 8. The third-order valence-corrected chi connectivity index (χ3v) is 7.19. The third-order valence-electron chi connectivity index (χ3n) is 5.33. The van der Waals surface area contributed by atoms with Gasteiger partial charge in [0, 0.05) is 16.9 Å². The molecule has 1 aliphatic rings. The van der Waals surface area contributed by atoms with Crippen LogP contribution in [0.2, 0.25) is 5.02 Å². The Kier molecular flexibility index (Phi) is 6.68. The van der Waals surface area contributed by atoms with Gasteiger partial charge in [0.05, 0.1) is 30.0 Å². The summed E-state index contributed by atoms with van der Waals surface area (Å²) >= 11 is 5.99. The summed E-state index contributed by atoms with van der Waals surface area (Å²) in [5, 5.41) is 6.37. The summed E-state index contributed by atoms with van der Waals surface area (Å²) in [6.07, 6.45) is 1.42. The highest BCUT2D eigenvalue weighted by Gasteiger charge is 2.21. The molecule has 1 fully saturated rings. The van der Waals surface area contributed by atoms with Crippen LogP contribution in [0.3, 0.4) is 0 Å². The van der Waals surface area contributed by atoms with E-state index in [1.807, 2.05) is 18.2 Å². The van der Waals surface area contributed by atoms with Gasteiger partial charge in [0.1, 0.15) is 17.0 Å². The molecule has 36 heavy (non-hydrogen) atoms. The number of nitrogens with zero attached hydrogens (tertiary/aromatic N) is 3. The highest BCUT2D eigenvalue weighted by Crippen LogP contribution is 2.31. The van der Waals surface area contributed by atoms with E-state index in [2.05, 4.69) is 30.3 Å². The second-order valence-electron chi connectivity index (χ2n) is 7.91. The zero-order valence-corrected chi connectivity index (χ0v) is 20.2. The number of ether oxygens (including phenoxy) is 1. The van der Waals surface area contributed by atoms with Crippen molar-refractivity contribution in [1.82, 2.24) is 15.0 Å². The largest absolute Gasteiger partial charge is 0.377 e. The molecule has 1 aromatic heterocycles. The molecule has 0 bridgehead atoms. The Morgan fingerprint density at radius 2 is 1.75 bits per heavy atom. The molecule has 3 N–H and O–H groups in total. The molecule has 0 spiro atoms. The normalized spacial score (nSPS) is 13.6. The minimum absolute atomic E-state index is 0.0398. The molecular formula is C24H20ClFN6O3S. The summed E-state index contributed by atoms with van der Waals surface area (Å²) in [6, 6.07) is 17.5. The summed E-state index contributed by atoms with van der Waals surface area (Å²) in [5.74, 6) is 0.104. The van der Waals surface area contributed by atoms with Crippen molar-refractivity contribution in [2.45, 2.75) is 10.9 Å². The topological polar surface area (TPSA) is 118 Å². The number of aromatic nitrogens is 3. The van der Waals surface area contributed by atoms with Crippen LogP contribution in [0.4, 0.5) is 27.4 Å². The molecular weight excluding hydrogens is 507 g/mol. The number of sulfonamides is 1. The zero-order chi connectivity index (χ0) is 25.1. The highest BCUT2D eigenvalue weighted by atomic mass is 35.5. The lowest BCUT2D eigenvalue weighted by Crippen LogP contribution is -2.40. The summed E-state index contributed by atoms with van der Waals surface area (Å²) in [5.41, 5.74) is 1.50. The van der Waals surface area contributed by atoms with Crippen molar-refractivity contribution in [1.29, 1.82) is 0 Å². The van der Waals surface area contributed by atoms with E-state index < -0.39 is 15.8 Å². The minimum atomic E-state index is -4.07. The van der Waals surface area contributed by atoms with Crippen LogP contribution in [0.5, 0.6) is 0 Å². The van der Waals surface area contributed by atoms with Gasteiger partial charge in [0.15, 0.2) is 5.82 Å². The third kappa shape index (κ3) is 5.23. The summed E-state index contributed by atoms with van der Waals surface area (Å²) in [7, 11) is -4.07. The average molecular weight is 527 g/mol. The van der Waals surface area contributed by atoms with Gasteiger partial charge in [0.25, 0.3) is 10.0 Å². The lowest BCUT2D eigenvalue weighted by Gasteiger charge is -2.26. The van der Waals surface area contributed by atoms with Crippen LogP contribution in [0.15, 0.2) is 78.0 Å². The zero-order valence-electron chi connectivity index (χ0n) is 18.7. The van der Waals surface area contributed by atoms with E-state index in [0.29, 0.717) is 41.9 Å². The van der Waals surface area contributed by atoms with Crippen molar-refractivity contribution in [2.24, 2.45) is 0 Å². The van der Waals surface area contributed by atoms with Gasteiger partial charge in [-0.25, -0.2) is 22.8 Å². The van der Waals surface area contributed by atoms with Crippen molar-refractivity contribution < 1.29 is 17.5 Å². The Morgan fingerprint density at radius 1 is 0.972 bits per heavy atom. The quantitative estimate of drug-likeness (QED) is 0.303. The molecule has 9 nitrogen and oxygen atoms in total. The molecule has 1 aliphatic heterocycles. The number of hydrogen-bond donors (Lipinski definition) is 3. The number of anilines is 4. The summed E-state index contributed by atoms with van der Waals surface area (Å²) in [4.78, 5) is 12.8. The SMILES string of the molecule is O=S(=O)(Nc1ccc(Nc2ccccc2-c2ncnc(NC3COC3)n2)cc1F)c1ccccc1Cl. The van der Waals surface area contributed by atoms with Crippen molar-refractivity contribution in [3.05, 3.63) is 83.9 Å². The Balaban J connectivity index is 1.36. The molecule has 2 heterocycles. The molecule has 0 saturated carbocycles. The maximum absolute atomic E-state index is 14.9. The Labute approximate surface area is 211 Å². The first kappa shape index (κ1) is 23.9. The average Bonchev–Trinajstić information content (AvgIpc) is 2.84. The van der Waals surface area contributed by atoms with Crippen LogP contribution < -0.4 is 15.4 Å². The van der Waals surface area contributed by atoms with E-state index in [-0.39, 0.29) is 21.6 Å². The lowest BCUT2D eigenvalue weighted by molar-refractivity contribution is 0.0208. The van der Waals surface area contributed by atoms with Crippen LogP contribution in [0.1, 0.15) is 0 Å². The summed E-state index contributed by atoms with van der Waals surface area (Å²) < 4.78 is 47.6.